The van der Waals surface area contributed by atoms with Crippen molar-refractivity contribution in [2.24, 2.45) is 0 Å². The number of nitrogens with one attached hydrogen (secondary N) is 1. The van der Waals surface area contributed by atoms with Gasteiger partial charge in [-0.3, -0.25) is 9.89 Å². The highest BCUT2D eigenvalue weighted by atomic mass is 19.1. The maximum absolute atomic E-state index is 13.6. The number of amides is 1. The Morgan fingerprint density at radius 2 is 2.16 bits per heavy atom. The van der Waals surface area contributed by atoms with E-state index in [1.54, 1.807) is 18.2 Å². The minimum atomic E-state index is -0.448. The third-order valence-electron chi connectivity index (χ3n) is 3.18. The molecule has 1 aliphatic rings. The Labute approximate surface area is 109 Å². The van der Waals surface area contributed by atoms with Crippen molar-refractivity contribution in [1.82, 2.24) is 15.2 Å². The fourth-order valence-corrected chi connectivity index (χ4v) is 1.89. The van der Waals surface area contributed by atoms with Crippen LogP contribution in [0.1, 0.15) is 35.2 Å². The Morgan fingerprint density at radius 1 is 1.42 bits per heavy atom. The summed E-state index contributed by atoms with van der Waals surface area (Å²) in [7, 11) is 1.51. The lowest BCUT2D eigenvalue weighted by molar-refractivity contribution is 0.0982. The molecule has 1 fully saturated rings. The standard InChI is InChI=1S/C13H13FN4O/c1-18(10-5-3-2-4-9(10)14)13(19)12-15-11(16-17-12)8-6-7-8/h2-5,8H,6-7H2,1H3,(H,15,16,17). The molecule has 1 heterocycles. The molecule has 19 heavy (non-hydrogen) atoms. The summed E-state index contributed by atoms with van der Waals surface area (Å²) in [5.74, 6) is 0.343. The molecule has 0 atom stereocenters. The van der Waals surface area contributed by atoms with Gasteiger partial charge in [0.05, 0.1) is 5.69 Å². The number of carbonyl (C=O) groups excluding carboxylic acids is 1. The van der Waals surface area contributed by atoms with Crippen LogP contribution in [0.5, 0.6) is 0 Å². The molecule has 0 aliphatic heterocycles. The Kier molecular flexibility index (Phi) is 2.77. The second-order valence-electron chi connectivity index (χ2n) is 4.63. The number of carbonyl (C=O) groups is 1. The summed E-state index contributed by atoms with van der Waals surface area (Å²) in [6, 6.07) is 6.11. The van der Waals surface area contributed by atoms with Crippen LogP contribution in [0.15, 0.2) is 24.3 Å². The molecule has 5 nitrogen and oxygen atoms in total. The predicted molar refractivity (Wildman–Crippen MR) is 67.5 cm³/mol. The number of anilines is 1. The first-order valence-corrected chi connectivity index (χ1v) is 6.11. The molecular formula is C13H13FN4O. The fraction of sp³-hybridized carbons (Fsp3) is 0.308. The van der Waals surface area contributed by atoms with E-state index in [-0.39, 0.29) is 11.5 Å². The molecular weight excluding hydrogens is 247 g/mol. The van der Waals surface area contributed by atoms with Crippen LogP contribution in [0.25, 0.3) is 0 Å². The molecule has 1 aromatic carbocycles. The van der Waals surface area contributed by atoms with Gasteiger partial charge < -0.3 is 4.90 Å². The van der Waals surface area contributed by atoms with Crippen LogP contribution in [0.2, 0.25) is 0 Å². The van der Waals surface area contributed by atoms with Crippen LogP contribution in [-0.4, -0.2) is 28.1 Å². The number of halogens is 1. The molecule has 6 heteroatoms. The van der Waals surface area contributed by atoms with E-state index in [1.807, 2.05) is 0 Å². The third kappa shape index (κ3) is 2.21. The van der Waals surface area contributed by atoms with Crippen LogP contribution in [0, 0.1) is 5.82 Å². The van der Waals surface area contributed by atoms with E-state index >= 15 is 0 Å². The number of para-hydroxylation sites is 1. The monoisotopic (exact) mass is 260 g/mol. The van der Waals surface area contributed by atoms with Gasteiger partial charge in [-0.05, 0) is 25.0 Å². The molecule has 2 aromatic rings. The molecule has 0 saturated heterocycles. The molecule has 0 unspecified atom stereocenters. The highest BCUT2D eigenvalue weighted by Gasteiger charge is 2.29. The van der Waals surface area contributed by atoms with Crippen molar-refractivity contribution in [2.45, 2.75) is 18.8 Å². The highest BCUT2D eigenvalue weighted by Crippen LogP contribution is 2.37. The van der Waals surface area contributed by atoms with Gasteiger partial charge in [-0.2, -0.15) is 0 Å². The predicted octanol–water partition coefficient (Wildman–Crippen LogP) is 2.10. The molecule has 1 N–H and O–H groups in total. The van der Waals surface area contributed by atoms with Crippen molar-refractivity contribution in [2.75, 3.05) is 11.9 Å². The van der Waals surface area contributed by atoms with Crippen molar-refractivity contribution >= 4 is 11.6 Å². The molecule has 98 valence electrons. The quantitative estimate of drug-likeness (QED) is 0.919. The number of nitrogens with zero attached hydrogens (tertiary/aromatic N) is 3. The van der Waals surface area contributed by atoms with Gasteiger partial charge in [0.25, 0.3) is 5.91 Å². The zero-order valence-electron chi connectivity index (χ0n) is 10.4. The van der Waals surface area contributed by atoms with Crippen LogP contribution in [-0.2, 0) is 0 Å². The van der Waals surface area contributed by atoms with Gasteiger partial charge in [0.2, 0.25) is 5.82 Å². The van der Waals surface area contributed by atoms with Crippen molar-refractivity contribution in [3.05, 3.63) is 41.7 Å². The number of hydrogen-bond donors (Lipinski definition) is 1. The van der Waals surface area contributed by atoms with E-state index in [4.69, 9.17) is 0 Å². The molecule has 0 spiro atoms. The lowest BCUT2D eigenvalue weighted by Gasteiger charge is -2.15. The second kappa shape index (κ2) is 4.46. The van der Waals surface area contributed by atoms with Gasteiger partial charge in [-0.25, -0.2) is 9.37 Å². The van der Waals surface area contributed by atoms with E-state index in [1.165, 1.54) is 18.0 Å². The Hall–Kier alpha value is -2.24. The molecule has 3 rings (SSSR count). The first kappa shape index (κ1) is 11.8. The zero-order valence-corrected chi connectivity index (χ0v) is 10.4. The molecule has 0 radical (unpaired) electrons. The van der Waals surface area contributed by atoms with Gasteiger partial charge >= 0.3 is 0 Å². The maximum Gasteiger partial charge on any atom is 0.297 e. The molecule has 1 amide bonds. The van der Waals surface area contributed by atoms with Crippen molar-refractivity contribution < 1.29 is 9.18 Å². The Balaban J connectivity index is 1.84. The van der Waals surface area contributed by atoms with Crippen LogP contribution >= 0.6 is 0 Å². The van der Waals surface area contributed by atoms with Crippen molar-refractivity contribution in [3.63, 3.8) is 0 Å². The lowest BCUT2D eigenvalue weighted by atomic mass is 10.3. The first-order valence-electron chi connectivity index (χ1n) is 6.11. The molecule has 0 bridgehead atoms. The largest absolute Gasteiger partial charge is 0.306 e. The summed E-state index contributed by atoms with van der Waals surface area (Å²) in [6.45, 7) is 0. The van der Waals surface area contributed by atoms with Crippen molar-refractivity contribution in [3.8, 4) is 0 Å². The summed E-state index contributed by atoms with van der Waals surface area (Å²) < 4.78 is 13.6. The van der Waals surface area contributed by atoms with E-state index in [0.29, 0.717) is 5.92 Å². The average molecular weight is 260 g/mol. The molecule has 1 saturated carbocycles. The van der Waals surface area contributed by atoms with Crippen molar-refractivity contribution in [1.29, 1.82) is 0 Å². The summed E-state index contributed by atoms with van der Waals surface area (Å²) >= 11 is 0. The second-order valence-corrected chi connectivity index (χ2v) is 4.63. The molecule has 1 aromatic heterocycles. The van der Waals surface area contributed by atoms with Crippen LogP contribution in [0.4, 0.5) is 10.1 Å². The van der Waals surface area contributed by atoms with Gasteiger partial charge in [-0.1, -0.05) is 12.1 Å². The summed E-state index contributed by atoms with van der Waals surface area (Å²) in [5, 5.41) is 6.67. The van der Waals surface area contributed by atoms with Gasteiger partial charge in [-0.15, -0.1) is 5.10 Å². The van der Waals surface area contributed by atoms with Gasteiger partial charge in [0, 0.05) is 13.0 Å². The topological polar surface area (TPSA) is 61.9 Å². The highest BCUT2D eigenvalue weighted by molar-refractivity contribution is 6.03. The zero-order chi connectivity index (χ0) is 13.4. The van der Waals surface area contributed by atoms with Crippen LogP contribution < -0.4 is 4.90 Å². The first-order chi connectivity index (χ1) is 9.16. The summed E-state index contributed by atoms with van der Waals surface area (Å²) in [4.78, 5) is 17.6. The average Bonchev–Trinajstić information content (AvgIpc) is 3.16. The Morgan fingerprint density at radius 3 is 2.84 bits per heavy atom. The summed E-state index contributed by atoms with van der Waals surface area (Å²) in [5.41, 5.74) is 0.213. The number of H-pyrrole nitrogens is 1. The minimum absolute atomic E-state index is 0.0765. The number of benzene rings is 1. The SMILES string of the molecule is CN(C(=O)c1n[nH]c(C2CC2)n1)c1ccccc1F. The smallest absolute Gasteiger partial charge is 0.297 e. The Bertz CT molecular complexity index is 621. The van der Waals surface area contributed by atoms with E-state index in [2.05, 4.69) is 15.2 Å². The number of aromatic nitrogens is 3. The normalized spacial score (nSPS) is 14.4. The fourth-order valence-electron chi connectivity index (χ4n) is 1.89. The minimum Gasteiger partial charge on any atom is -0.306 e. The van der Waals surface area contributed by atoms with E-state index < -0.39 is 11.7 Å². The number of aromatic amines is 1. The van der Waals surface area contributed by atoms with Crippen LogP contribution in [0.3, 0.4) is 0 Å². The van der Waals surface area contributed by atoms with Gasteiger partial charge in [0.15, 0.2) is 0 Å². The third-order valence-corrected chi connectivity index (χ3v) is 3.18. The number of rotatable bonds is 3. The van der Waals surface area contributed by atoms with Gasteiger partial charge in [0.1, 0.15) is 11.6 Å². The number of hydrogen-bond acceptors (Lipinski definition) is 3. The lowest BCUT2D eigenvalue weighted by Crippen LogP contribution is -2.28. The van der Waals surface area contributed by atoms with E-state index in [0.717, 1.165) is 18.7 Å². The van der Waals surface area contributed by atoms with E-state index in [9.17, 15) is 9.18 Å². The molecule has 1 aliphatic carbocycles. The maximum atomic E-state index is 13.6. The summed E-state index contributed by atoms with van der Waals surface area (Å²) in [6.07, 6.45) is 2.15.